The summed E-state index contributed by atoms with van der Waals surface area (Å²) in [5.41, 5.74) is 0. The van der Waals surface area contributed by atoms with Crippen molar-refractivity contribution in [2.24, 2.45) is 0 Å². The molecule has 0 aromatic rings. The fraction of sp³-hybridized carbons (Fsp3) is 0. The first-order valence-electron chi connectivity index (χ1n) is 0. The predicted octanol–water partition coefficient (Wildman–Crippen LogP) is -5.03. The summed E-state index contributed by atoms with van der Waals surface area (Å²) in [7, 11) is 0. The molecule has 0 heterocycles. The van der Waals surface area contributed by atoms with E-state index >= 15 is 0 Å². The monoisotopic (exact) mass is 111 g/mol. The van der Waals surface area contributed by atoms with Crippen LogP contribution in [0.25, 0.3) is 0 Å². The van der Waals surface area contributed by atoms with Gasteiger partial charge in [-0.15, -0.1) is 0 Å². The van der Waals surface area contributed by atoms with Gasteiger partial charge in [0.05, 0.1) is 0 Å². The zero-order valence-corrected chi connectivity index (χ0v) is 5.05. The van der Waals surface area contributed by atoms with E-state index in [-0.39, 0.29) is 61.1 Å². The Morgan fingerprint density at radius 2 is 0.750 bits per heavy atom. The van der Waals surface area contributed by atoms with Crippen molar-refractivity contribution >= 4 is 37.7 Å². The number of halogens is 1. The van der Waals surface area contributed by atoms with Gasteiger partial charge in [-0.1, -0.05) is 0 Å². The van der Waals surface area contributed by atoms with Gasteiger partial charge in [0, 0.05) is 0 Å². The SMILES string of the molecule is O.O.[Ca+2].[Cl-]. The maximum Gasteiger partial charge on any atom is 2.00 e. The first kappa shape index (κ1) is 50.6. The Labute approximate surface area is 60.6 Å². The molecule has 0 radical (unpaired) electrons. The van der Waals surface area contributed by atoms with Crippen LogP contribution in [-0.2, 0) is 0 Å². The van der Waals surface area contributed by atoms with Gasteiger partial charge in [0.25, 0.3) is 0 Å². The summed E-state index contributed by atoms with van der Waals surface area (Å²) in [6.45, 7) is 0. The van der Waals surface area contributed by atoms with Crippen molar-refractivity contribution in [1.82, 2.24) is 0 Å². The summed E-state index contributed by atoms with van der Waals surface area (Å²) in [5.74, 6) is 0. The molecule has 4 N–H and O–H groups in total. The second-order valence-corrected chi connectivity index (χ2v) is 0. The Bertz CT molecular complexity index is 6.00. The summed E-state index contributed by atoms with van der Waals surface area (Å²) in [4.78, 5) is 0. The van der Waals surface area contributed by atoms with E-state index in [9.17, 15) is 0 Å². The van der Waals surface area contributed by atoms with Crippen molar-refractivity contribution in [2.45, 2.75) is 0 Å². The third-order valence-corrected chi connectivity index (χ3v) is 0. The molecule has 2 nitrogen and oxygen atoms in total. The molecular formula is H4CaClO2+. The Kier molecular flexibility index (Phi) is 315. The Morgan fingerprint density at radius 1 is 0.750 bits per heavy atom. The van der Waals surface area contributed by atoms with E-state index in [0.717, 1.165) is 0 Å². The van der Waals surface area contributed by atoms with Crippen LogP contribution in [0.5, 0.6) is 0 Å². The van der Waals surface area contributed by atoms with E-state index in [1.54, 1.807) is 0 Å². The molecule has 0 saturated heterocycles. The standard InChI is InChI=1S/Ca.ClH.2H2O/h;1H;2*1H2/q+2;;;/p-1. The molecule has 0 atom stereocenters. The Hall–Kier alpha value is 1.47. The van der Waals surface area contributed by atoms with Crippen LogP contribution in [0.3, 0.4) is 0 Å². The van der Waals surface area contributed by atoms with E-state index in [0.29, 0.717) is 0 Å². The maximum atomic E-state index is 0. The summed E-state index contributed by atoms with van der Waals surface area (Å²) in [6.07, 6.45) is 0. The third-order valence-electron chi connectivity index (χ3n) is 0. The molecule has 0 aromatic heterocycles. The predicted molar refractivity (Wildman–Crippen MR) is 13.0 cm³/mol. The van der Waals surface area contributed by atoms with Crippen molar-refractivity contribution in [3.63, 3.8) is 0 Å². The minimum Gasteiger partial charge on any atom is -1.00 e. The summed E-state index contributed by atoms with van der Waals surface area (Å²) < 4.78 is 0. The first-order chi connectivity index (χ1) is 0. The van der Waals surface area contributed by atoms with E-state index in [2.05, 4.69) is 0 Å². The van der Waals surface area contributed by atoms with E-state index in [1.165, 1.54) is 0 Å². The van der Waals surface area contributed by atoms with Crippen LogP contribution in [0, 0.1) is 0 Å². The summed E-state index contributed by atoms with van der Waals surface area (Å²) >= 11 is 0. The van der Waals surface area contributed by atoms with E-state index < -0.39 is 0 Å². The van der Waals surface area contributed by atoms with Crippen molar-refractivity contribution in [2.75, 3.05) is 0 Å². The van der Waals surface area contributed by atoms with Gasteiger partial charge in [0.2, 0.25) is 0 Å². The summed E-state index contributed by atoms with van der Waals surface area (Å²) in [6, 6.07) is 0. The zero-order valence-electron chi connectivity index (χ0n) is 2.09. The zero-order chi connectivity index (χ0) is 0. The molecule has 0 saturated carbocycles. The van der Waals surface area contributed by atoms with E-state index in [1.807, 2.05) is 0 Å². The smallest absolute Gasteiger partial charge is 1.00 e. The van der Waals surface area contributed by atoms with Gasteiger partial charge in [0.1, 0.15) is 0 Å². The van der Waals surface area contributed by atoms with Gasteiger partial charge in [-0.05, 0) is 0 Å². The van der Waals surface area contributed by atoms with Gasteiger partial charge in [0.15, 0.2) is 0 Å². The van der Waals surface area contributed by atoms with E-state index in [4.69, 9.17) is 0 Å². The van der Waals surface area contributed by atoms with Gasteiger partial charge >= 0.3 is 37.7 Å². The largest absolute Gasteiger partial charge is 2.00 e. The van der Waals surface area contributed by atoms with Crippen LogP contribution < -0.4 is 12.4 Å². The van der Waals surface area contributed by atoms with Crippen molar-refractivity contribution in [3.8, 4) is 0 Å². The van der Waals surface area contributed by atoms with Crippen molar-refractivity contribution < 1.29 is 23.4 Å². The minimum absolute atomic E-state index is 0. The van der Waals surface area contributed by atoms with Crippen LogP contribution in [0.4, 0.5) is 0 Å². The molecule has 0 spiro atoms. The maximum absolute atomic E-state index is 0. The molecule has 0 unspecified atom stereocenters. The molecule has 0 aliphatic heterocycles. The van der Waals surface area contributed by atoms with Crippen LogP contribution in [0.2, 0.25) is 0 Å². The fourth-order valence-corrected chi connectivity index (χ4v) is 0. The number of hydrogen-bond acceptors (Lipinski definition) is 0. The second-order valence-electron chi connectivity index (χ2n) is 0. The minimum atomic E-state index is 0. The molecule has 4 heavy (non-hydrogen) atoms. The molecule has 0 aromatic carbocycles. The van der Waals surface area contributed by atoms with Gasteiger partial charge in [-0.3, -0.25) is 0 Å². The number of rotatable bonds is 0. The second kappa shape index (κ2) is 24.9. The average Bonchev–Trinajstić information content (AvgIpc) is 0. The van der Waals surface area contributed by atoms with Crippen LogP contribution in [0.1, 0.15) is 0 Å². The average molecular weight is 112 g/mol. The normalized spacial score (nSPS) is 0. The fourth-order valence-electron chi connectivity index (χ4n) is 0. The van der Waals surface area contributed by atoms with Crippen LogP contribution >= 0.6 is 0 Å². The molecule has 0 amide bonds. The van der Waals surface area contributed by atoms with Crippen LogP contribution in [-0.4, -0.2) is 48.7 Å². The third kappa shape index (κ3) is 9.80. The van der Waals surface area contributed by atoms with Crippen molar-refractivity contribution in [3.05, 3.63) is 0 Å². The number of hydrogen-bond donors (Lipinski definition) is 0. The molecule has 0 rings (SSSR count). The quantitative estimate of drug-likeness (QED) is 0.281. The summed E-state index contributed by atoms with van der Waals surface area (Å²) in [5, 5.41) is 0. The topological polar surface area (TPSA) is 63.0 Å². The van der Waals surface area contributed by atoms with Gasteiger partial charge < -0.3 is 23.4 Å². The van der Waals surface area contributed by atoms with Gasteiger partial charge in [-0.2, -0.15) is 0 Å². The molecule has 0 fully saturated rings. The van der Waals surface area contributed by atoms with Crippen molar-refractivity contribution in [1.29, 1.82) is 0 Å². The first-order valence-corrected chi connectivity index (χ1v) is 0. The molecule has 0 bridgehead atoms. The molecular weight excluding hydrogens is 108 g/mol. The Morgan fingerprint density at radius 3 is 0.750 bits per heavy atom. The Balaban J connectivity index is 0. The van der Waals surface area contributed by atoms with Crippen LogP contribution in [0.15, 0.2) is 0 Å². The molecule has 24 valence electrons. The molecule has 4 heteroatoms. The van der Waals surface area contributed by atoms with Gasteiger partial charge in [-0.25, -0.2) is 0 Å². The molecule has 0 aliphatic rings. The molecule has 0 aliphatic carbocycles.